The van der Waals surface area contributed by atoms with E-state index >= 15 is 0 Å². The number of aromatic nitrogens is 2. The Morgan fingerprint density at radius 1 is 1.40 bits per heavy atom. The summed E-state index contributed by atoms with van der Waals surface area (Å²) in [6, 6.07) is 8.97. The second kappa shape index (κ2) is 7.90. The number of aliphatic carboxylic acids is 1. The van der Waals surface area contributed by atoms with Gasteiger partial charge in [-0.1, -0.05) is 29.8 Å². The third-order valence-corrected chi connectivity index (χ3v) is 4.18. The van der Waals surface area contributed by atoms with Crippen LogP contribution in [0.2, 0.25) is 0 Å². The Balaban J connectivity index is 1.52. The van der Waals surface area contributed by atoms with Gasteiger partial charge in [0, 0.05) is 31.8 Å². The van der Waals surface area contributed by atoms with Crippen LogP contribution in [0.5, 0.6) is 0 Å². The second-order valence-electron chi connectivity index (χ2n) is 6.35. The average molecular weight is 338 g/mol. The summed E-state index contributed by atoms with van der Waals surface area (Å²) < 4.78 is 0. The molecule has 1 atom stereocenters. The summed E-state index contributed by atoms with van der Waals surface area (Å²) in [5, 5.41) is 12.0. The highest BCUT2D eigenvalue weighted by Gasteiger charge is 2.22. The molecular weight excluding hydrogens is 316 g/mol. The van der Waals surface area contributed by atoms with E-state index in [0.29, 0.717) is 11.7 Å². The van der Waals surface area contributed by atoms with Gasteiger partial charge < -0.3 is 10.4 Å². The quantitative estimate of drug-likeness (QED) is 0.788. The maximum Gasteiger partial charge on any atom is 0.328 e. The molecule has 2 N–H and O–H groups in total. The van der Waals surface area contributed by atoms with Crippen molar-refractivity contribution in [2.75, 3.05) is 18.4 Å². The van der Waals surface area contributed by atoms with E-state index in [0.717, 1.165) is 37.9 Å². The van der Waals surface area contributed by atoms with Crippen LogP contribution >= 0.6 is 0 Å². The van der Waals surface area contributed by atoms with Gasteiger partial charge in [0.15, 0.2) is 0 Å². The lowest BCUT2D eigenvalue weighted by atomic mass is 10.1. The van der Waals surface area contributed by atoms with Crippen LogP contribution in [0.3, 0.4) is 0 Å². The van der Waals surface area contributed by atoms with E-state index in [2.05, 4.69) is 51.4 Å². The van der Waals surface area contributed by atoms with Crippen molar-refractivity contribution in [3.63, 3.8) is 0 Å². The van der Waals surface area contributed by atoms with Gasteiger partial charge >= 0.3 is 5.97 Å². The van der Waals surface area contributed by atoms with Gasteiger partial charge in [0.05, 0.1) is 18.1 Å². The highest BCUT2D eigenvalue weighted by Crippen LogP contribution is 2.17. The van der Waals surface area contributed by atoms with E-state index in [1.165, 1.54) is 17.2 Å². The predicted octanol–water partition coefficient (Wildman–Crippen LogP) is 2.57. The van der Waals surface area contributed by atoms with Crippen molar-refractivity contribution in [2.45, 2.75) is 25.9 Å². The van der Waals surface area contributed by atoms with Gasteiger partial charge in [0.2, 0.25) is 0 Å². The third kappa shape index (κ3) is 5.12. The maximum absolute atomic E-state index is 10.5. The lowest BCUT2D eigenvalue weighted by molar-refractivity contribution is -0.131. The molecule has 1 aliphatic heterocycles. The predicted molar refractivity (Wildman–Crippen MR) is 97.2 cm³/mol. The van der Waals surface area contributed by atoms with Crippen LogP contribution in [0.15, 0.2) is 42.7 Å². The molecule has 1 aromatic heterocycles. The number of rotatable bonds is 6. The van der Waals surface area contributed by atoms with E-state index in [4.69, 9.17) is 5.11 Å². The first-order valence-electron chi connectivity index (χ1n) is 8.36. The molecule has 0 bridgehead atoms. The Hall–Kier alpha value is -2.73. The number of nitrogens with one attached hydrogen (secondary N) is 1. The average Bonchev–Trinajstić information content (AvgIpc) is 3.01. The molecular formula is C19H22N4O2. The van der Waals surface area contributed by atoms with Gasteiger partial charge in [-0.3, -0.25) is 9.88 Å². The van der Waals surface area contributed by atoms with Crippen LogP contribution in [0, 0.1) is 6.92 Å². The Bertz CT molecular complexity index is 758. The fourth-order valence-electron chi connectivity index (χ4n) is 3.03. The zero-order valence-corrected chi connectivity index (χ0v) is 14.2. The second-order valence-corrected chi connectivity index (χ2v) is 6.35. The Morgan fingerprint density at radius 3 is 3.00 bits per heavy atom. The number of aryl methyl sites for hydroxylation is 1. The molecule has 0 unspecified atom stereocenters. The van der Waals surface area contributed by atoms with Crippen molar-refractivity contribution in [1.82, 2.24) is 14.9 Å². The fraction of sp³-hybridized carbons (Fsp3) is 0.316. The summed E-state index contributed by atoms with van der Waals surface area (Å²) in [5.74, 6) is -0.279. The van der Waals surface area contributed by atoms with Crippen LogP contribution in [-0.4, -0.2) is 45.1 Å². The highest BCUT2D eigenvalue weighted by molar-refractivity contribution is 5.84. The molecule has 1 aromatic carbocycles. The summed E-state index contributed by atoms with van der Waals surface area (Å²) in [5.41, 5.74) is 3.16. The van der Waals surface area contributed by atoms with Crippen molar-refractivity contribution in [3.05, 3.63) is 59.6 Å². The van der Waals surface area contributed by atoms with Crippen LogP contribution in [0.1, 0.15) is 23.2 Å². The topological polar surface area (TPSA) is 78.4 Å². The molecule has 0 aliphatic carbocycles. The van der Waals surface area contributed by atoms with Crippen molar-refractivity contribution in [2.24, 2.45) is 0 Å². The van der Waals surface area contributed by atoms with Gasteiger partial charge in [0.1, 0.15) is 5.82 Å². The van der Waals surface area contributed by atoms with Crippen LogP contribution < -0.4 is 5.32 Å². The van der Waals surface area contributed by atoms with Gasteiger partial charge in [-0.05, 0) is 25.0 Å². The number of carboxylic acids is 1. The van der Waals surface area contributed by atoms with Crippen LogP contribution in [0.4, 0.5) is 5.82 Å². The van der Waals surface area contributed by atoms with Crippen molar-refractivity contribution < 1.29 is 9.90 Å². The van der Waals surface area contributed by atoms with Gasteiger partial charge in [-0.15, -0.1) is 0 Å². The lowest BCUT2D eigenvalue weighted by Gasteiger charge is -2.17. The molecule has 2 aromatic rings. The molecule has 0 radical (unpaired) electrons. The zero-order chi connectivity index (χ0) is 17.6. The van der Waals surface area contributed by atoms with Crippen LogP contribution in [-0.2, 0) is 11.3 Å². The van der Waals surface area contributed by atoms with Crippen molar-refractivity contribution >= 4 is 17.9 Å². The lowest BCUT2D eigenvalue weighted by Crippen LogP contribution is -2.26. The van der Waals surface area contributed by atoms with Gasteiger partial charge in [0.25, 0.3) is 0 Å². The molecule has 6 heteroatoms. The molecule has 1 fully saturated rings. The number of anilines is 1. The Morgan fingerprint density at radius 2 is 2.28 bits per heavy atom. The smallest absolute Gasteiger partial charge is 0.328 e. The zero-order valence-electron chi connectivity index (χ0n) is 14.2. The molecule has 1 aliphatic rings. The molecule has 0 saturated carbocycles. The van der Waals surface area contributed by atoms with E-state index < -0.39 is 5.97 Å². The maximum atomic E-state index is 10.5. The minimum absolute atomic E-state index is 0.347. The molecule has 0 spiro atoms. The number of nitrogens with zero attached hydrogens (tertiary/aromatic N) is 3. The first-order chi connectivity index (χ1) is 12.1. The van der Waals surface area contributed by atoms with Gasteiger partial charge in [-0.2, -0.15) is 0 Å². The van der Waals surface area contributed by atoms with Gasteiger partial charge in [-0.25, -0.2) is 9.78 Å². The Kier molecular flexibility index (Phi) is 5.40. The molecule has 6 nitrogen and oxygen atoms in total. The number of likely N-dealkylation sites (tertiary alicyclic amines) is 1. The molecule has 2 heterocycles. The van der Waals surface area contributed by atoms with Crippen molar-refractivity contribution in [1.29, 1.82) is 0 Å². The molecule has 130 valence electrons. The summed E-state index contributed by atoms with van der Waals surface area (Å²) in [7, 11) is 0. The summed E-state index contributed by atoms with van der Waals surface area (Å²) >= 11 is 0. The number of hydrogen-bond donors (Lipinski definition) is 2. The fourth-order valence-corrected chi connectivity index (χ4v) is 3.03. The monoisotopic (exact) mass is 338 g/mol. The van der Waals surface area contributed by atoms with E-state index in [1.807, 2.05) is 0 Å². The largest absolute Gasteiger partial charge is 0.478 e. The number of hydrogen-bond acceptors (Lipinski definition) is 5. The summed E-state index contributed by atoms with van der Waals surface area (Å²) in [6.45, 7) is 5.10. The Labute approximate surface area is 147 Å². The number of carboxylic acid groups (broad SMARTS) is 1. The van der Waals surface area contributed by atoms with E-state index in [9.17, 15) is 4.79 Å². The summed E-state index contributed by atoms with van der Waals surface area (Å²) in [4.78, 5) is 21.4. The first-order valence-corrected chi connectivity index (χ1v) is 8.36. The normalized spacial score (nSPS) is 17.9. The molecule has 3 rings (SSSR count). The molecule has 0 amide bonds. The van der Waals surface area contributed by atoms with E-state index in [-0.39, 0.29) is 0 Å². The minimum atomic E-state index is -0.997. The molecule has 25 heavy (non-hydrogen) atoms. The highest BCUT2D eigenvalue weighted by atomic mass is 16.4. The van der Waals surface area contributed by atoms with Crippen LogP contribution in [0.25, 0.3) is 6.08 Å². The summed E-state index contributed by atoms with van der Waals surface area (Å²) in [6.07, 6.45) is 6.76. The number of carbonyl (C=O) groups is 1. The standard InChI is InChI=1S/C19H22N4O2/c1-14-3-2-4-15(9-14)12-23-8-7-17(13-23)22-18-11-20-16(10-21-18)5-6-19(24)25/h2-6,9-11,17H,7-8,12-13H2,1H3,(H,21,22)(H,24,25)/t17-/m1/s1. The van der Waals surface area contributed by atoms with E-state index in [1.54, 1.807) is 12.4 Å². The SMILES string of the molecule is Cc1cccc(CN2CC[C@@H](Nc3cnc(C=CC(=O)O)cn3)C2)c1. The third-order valence-electron chi connectivity index (χ3n) is 4.18. The van der Waals surface area contributed by atoms with Crippen molar-refractivity contribution in [3.8, 4) is 0 Å². The number of benzene rings is 1. The first kappa shape index (κ1) is 17.1. The minimum Gasteiger partial charge on any atom is -0.478 e. The molecule has 1 saturated heterocycles.